The van der Waals surface area contributed by atoms with Gasteiger partial charge in [0.2, 0.25) is 0 Å². The molecule has 0 fully saturated rings. The van der Waals surface area contributed by atoms with Crippen molar-refractivity contribution in [3.05, 3.63) is 66.0 Å². The van der Waals surface area contributed by atoms with Crippen molar-refractivity contribution in [1.82, 2.24) is 9.88 Å². The highest BCUT2D eigenvalue weighted by atomic mass is 16.5. The molecule has 6 heteroatoms. The van der Waals surface area contributed by atoms with Gasteiger partial charge < -0.3 is 14.7 Å². The molecule has 0 radical (unpaired) electrons. The quantitative estimate of drug-likeness (QED) is 0.789. The molecule has 0 spiro atoms. The number of aliphatic carboxylic acids is 1. The Hall–Kier alpha value is -3.15. The first-order valence-corrected chi connectivity index (χ1v) is 7.32. The van der Waals surface area contributed by atoms with Crippen LogP contribution in [0.1, 0.15) is 11.1 Å². The van der Waals surface area contributed by atoms with Crippen LogP contribution in [0, 0.1) is 0 Å². The lowest BCUT2D eigenvalue weighted by Gasteiger charge is -2.18. The van der Waals surface area contributed by atoms with Crippen LogP contribution in [0.5, 0.6) is 5.75 Å². The number of hydrogen-bond donors (Lipinski definition) is 1. The number of nitrogens with zero attached hydrogens (tertiary/aromatic N) is 2. The molecule has 1 aromatic carbocycles. The number of para-hydroxylation sites is 1. The zero-order chi connectivity index (χ0) is 17.4. The number of pyridine rings is 1. The summed E-state index contributed by atoms with van der Waals surface area (Å²) in [6.07, 6.45) is 5.84. The van der Waals surface area contributed by atoms with Crippen molar-refractivity contribution in [2.45, 2.75) is 6.54 Å². The Morgan fingerprint density at radius 1 is 1.25 bits per heavy atom. The number of rotatable bonds is 7. The lowest BCUT2D eigenvalue weighted by Crippen LogP contribution is -2.31. The fourth-order valence-electron chi connectivity index (χ4n) is 2.01. The van der Waals surface area contributed by atoms with E-state index in [4.69, 9.17) is 9.84 Å². The van der Waals surface area contributed by atoms with Crippen LogP contribution in [0.4, 0.5) is 0 Å². The van der Waals surface area contributed by atoms with Crippen LogP contribution >= 0.6 is 0 Å². The Morgan fingerprint density at radius 3 is 2.75 bits per heavy atom. The molecule has 1 aromatic heterocycles. The van der Waals surface area contributed by atoms with E-state index >= 15 is 0 Å². The summed E-state index contributed by atoms with van der Waals surface area (Å²) in [6, 6.07) is 10.6. The van der Waals surface area contributed by atoms with Crippen LogP contribution in [-0.4, -0.2) is 40.5 Å². The largest absolute Gasteiger partial charge is 0.483 e. The molecule has 0 unspecified atom stereocenters. The summed E-state index contributed by atoms with van der Waals surface area (Å²) in [4.78, 5) is 28.3. The smallest absolute Gasteiger partial charge is 0.328 e. The molecule has 2 aromatic rings. The number of ether oxygens (including phenoxy) is 1. The summed E-state index contributed by atoms with van der Waals surface area (Å²) in [5, 5.41) is 8.70. The minimum Gasteiger partial charge on any atom is -0.483 e. The molecule has 1 heterocycles. The molecule has 0 saturated carbocycles. The highest BCUT2D eigenvalue weighted by Gasteiger charge is 2.11. The third-order valence-corrected chi connectivity index (χ3v) is 3.24. The zero-order valence-electron chi connectivity index (χ0n) is 13.3. The molecule has 0 aliphatic heterocycles. The predicted molar refractivity (Wildman–Crippen MR) is 89.3 cm³/mol. The van der Waals surface area contributed by atoms with Crippen LogP contribution in [-0.2, 0) is 16.1 Å². The van der Waals surface area contributed by atoms with E-state index in [1.807, 2.05) is 12.1 Å². The predicted octanol–water partition coefficient (Wildman–Crippen LogP) is 2.22. The topological polar surface area (TPSA) is 79.7 Å². The van der Waals surface area contributed by atoms with Crippen molar-refractivity contribution >= 4 is 18.0 Å². The van der Waals surface area contributed by atoms with Gasteiger partial charge in [0.05, 0.1) is 0 Å². The van der Waals surface area contributed by atoms with Crippen molar-refractivity contribution in [2.75, 3.05) is 13.7 Å². The summed E-state index contributed by atoms with van der Waals surface area (Å²) in [7, 11) is 1.69. The van der Waals surface area contributed by atoms with E-state index in [0.717, 1.165) is 11.6 Å². The van der Waals surface area contributed by atoms with Crippen molar-refractivity contribution in [2.24, 2.45) is 0 Å². The number of carbonyl (C=O) groups excluding carboxylic acids is 1. The third kappa shape index (κ3) is 5.24. The number of likely N-dealkylation sites (N-methyl/N-ethyl adjacent to an activating group) is 1. The average Bonchev–Trinajstić information content (AvgIpc) is 2.59. The molecule has 1 N–H and O–H groups in total. The lowest BCUT2D eigenvalue weighted by atomic mass is 10.2. The lowest BCUT2D eigenvalue weighted by molar-refractivity contribution is -0.133. The summed E-state index contributed by atoms with van der Waals surface area (Å²) < 4.78 is 5.54. The molecule has 0 atom stereocenters. The van der Waals surface area contributed by atoms with E-state index < -0.39 is 5.97 Å². The zero-order valence-corrected chi connectivity index (χ0v) is 13.3. The fourth-order valence-corrected chi connectivity index (χ4v) is 2.01. The molecule has 0 bridgehead atoms. The Kier molecular flexibility index (Phi) is 6.08. The number of benzene rings is 1. The molecule has 1 amide bonds. The van der Waals surface area contributed by atoms with Gasteiger partial charge in [0.25, 0.3) is 5.91 Å². The summed E-state index contributed by atoms with van der Waals surface area (Å²) in [6.45, 7) is 0.311. The molecule has 6 nitrogen and oxygen atoms in total. The number of carbonyl (C=O) groups is 2. The van der Waals surface area contributed by atoms with Gasteiger partial charge in [0, 0.05) is 37.6 Å². The molecular formula is C18H18N2O4. The van der Waals surface area contributed by atoms with Crippen LogP contribution < -0.4 is 4.74 Å². The molecule has 0 aliphatic carbocycles. The number of hydrogen-bond acceptors (Lipinski definition) is 4. The second kappa shape index (κ2) is 8.47. The molecular weight excluding hydrogens is 308 g/mol. The maximum absolute atomic E-state index is 12.2. The van der Waals surface area contributed by atoms with Gasteiger partial charge in [-0.1, -0.05) is 24.3 Å². The first kappa shape index (κ1) is 17.2. The summed E-state index contributed by atoms with van der Waals surface area (Å²) >= 11 is 0. The van der Waals surface area contributed by atoms with Gasteiger partial charge in [-0.3, -0.25) is 9.78 Å². The van der Waals surface area contributed by atoms with Crippen molar-refractivity contribution < 1.29 is 19.4 Å². The van der Waals surface area contributed by atoms with Gasteiger partial charge in [0.1, 0.15) is 5.75 Å². The molecule has 24 heavy (non-hydrogen) atoms. The number of carboxylic acid groups (broad SMARTS) is 1. The normalized spacial score (nSPS) is 10.5. The van der Waals surface area contributed by atoms with Crippen LogP contribution in [0.3, 0.4) is 0 Å². The first-order valence-electron chi connectivity index (χ1n) is 7.32. The van der Waals surface area contributed by atoms with Crippen LogP contribution in [0.25, 0.3) is 6.08 Å². The Morgan fingerprint density at radius 2 is 2.04 bits per heavy atom. The minimum absolute atomic E-state index is 0.130. The highest BCUT2D eigenvalue weighted by Crippen LogP contribution is 2.19. The molecule has 2 rings (SSSR count). The molecule has 0 saturated heterocycles. The van der Waals surface area contributed by atoms with Gasteiger partial charge in [-0.2, -0.15) is 0 Å². The second-order valence-electron chi connectivity index (χ2n) is 5.11. The molecule has 0 aliphatic rings. The Balaban J connectivity index is 1.95. The first-order chi connectivity index (χ1) is 11.6. The highest BCUT2D eigenvalue weighted by molar-refractivity contribution is 5.86. The van der Waals surface area contributed by atoms with Gasteiger partial charge >= 0.3 is 5.97 Å². The van der Waals surface area contributed by atoms with Crippen molar-refractivity contribution in [3.8, 4) is 5.75 Å². The summed E-state index contributed by atoms with van der Waals surface area (Å²) in [5.74, 6) is -0.772. The number of amides is 1. The number of carboxylic acids is 1. The third-order valence-electron chi connectivity index (χ3n) is 3.24. The van der Waals surface area contributed by atoms with Gasteiger partial charge in [-0.05, 0) is 23.8 Å². The van der Waals surface area contributed by atoms with E-state index in [2.05, 4.69) is 4.98 Å². The van der Waals surface area contributed by atoms with E-state index in [1.54, 1.807) is 48.6 Å². The standard InChI is InChI=1S/C18H18N2O4/c1-20(12-14-5-4-10-19-11-14)17(21)13-24-16-7-3-2-6-15(16)8-9-18(22)23/h2-11H,12-13H2,1H3,(H,22,23)/b9-8+. The SMILES string of the molecule is CN(Cc1cccnc1)C(=O)COc1ccccc1/C=C/C(=O)O. The molecule has 124 valence electrons. The van der Waals surface area contributed by atoms with Crippen LogP contribution in [0.15, 0.2) is 54.9 Å². The average molecular weight is 326 g/mol. The van der Waals surface area contributed by atoms with Gasteiger partial charge in [-0.15, -0.1) is 0 Å². The monoisotopic (exact) mass is 326 g/mol. The van der Waals surface area contributed by atoms with E-state index in [9.17, 15) is 9.59 Å². The second-order valence-corrected chi connectivity index (χ2v) is 5.11. The minimum atomic E-state index is -1.04. The van der Waals surface area contributed by atoms with E-state index in [-0.39, 0.29) is 12.5 Å². The van der Waals surface area contributed by atoms with E-state index in [1.165, 1.54) is 6.08 Å². The fraction of sp³-hybridized carbons (Fsp3) is 0.167. The van der Waals surface area contributed by atoms with E-state index in [0.29, 0.717) is 17.9 Å². The summed E-state index contributed by atoms with van der Waals surface area (Å²) in [5.41, 5.74) is 1.53. The Bertz CT molecular complexity index is 729. The van der Waals surface area contributed by atoms with Gasteiger partial charge in [-0.25, -0.2) is 4.79 Å². The Labute approximate surface area is 140 Å². The maximum atomic E-state index is 12.2. The maximum Gasteiger partial charge on any atom is 0.328 e. The van der Waals surface area contributed by atoms with Crippen molar-refractivity contribution in [3.63, 3.8) is 0 Å². The van der Waals surface area contributed by atoms with Crippen molar-refractivity contribution in [1.29, 1.82) is 0 Å². The van der Waals surface area contributed by atoms with Gasteiger partial charge in [0.15, 0.2) is 6.61 Å². The number of aromatic nitrogens is 1. The van der Waals surface area contributed by atoms with Crippen LogP contribution in [0.2, 0.25) is 0 Å².